The van der Waals surface area contributed by atoms with Crippen molar-refractivity contribution in [3.05, 3.63) is 29.6 Å². The van der Waals surface area contributed by atoms with Gasteiger partial charge in [-0.2, -0.15) is 0 Å². The van der Waals surface area contributed by atoms with Crippen molar-refractivity contribution in [1.29, 1.82) is 0 Å². The lowest BCUT2D eigenvalue weighted by molar-refractivity contribution is -0.130. The number of anilines is 1. The maximum Gasteiger partial charge on any atom is 0.239 e. The van der Waals surface area contributed by atoms with E-state index in [4.69, 9.17) is 11.5 Å². The summed E-state index contributed by atoms with van der Waals surface area (Å²) in [6.07, 6.45) is 2.76. The Bertz CT molecular complexity index is 748. The minimum atomic E-state index is -0.857. The van der Waals surface area contributed by atoms with E-state index in [1.54, 1.807) is 6.07 Å². The van der Waals surface area contributed by atoms with Crippen molar-refractivity contribution < 1.29 is 9.18 Å². The SMILES string of the molecule is C[C@]1(c2cc(N)ccc2F)N=C(N)S[C@]2(C(=O)N3CCCC3)C[C@H]21. The number of amides is 1. The summed E-state index contributed by atoms with van der Waals surface area (Å²) in [5.74, 6) is -0.292. The summed E-state index contributed by atoms with van der Waals surface area (Å²) < 4.78 is 13.9. The van der Waals surface area contributed by atoms with Gasteiger partial charge in [0.05, 0.1) is 5.54 Å². The molecule has 1 saturated carbocycles. The van der Waals surface area contributed by atoms with Crippen molar-refractivity contribution in [3.63, 3.8) is 0 Å². The van der Waals surface area contributed by atoms with Gasteiger partial charge in [0.25, 0.3) is 0 Å². The van der Waals surface area contributed by atoms with Crippen LogP contribution >= 0.6 is 11.8 Å². The van der Waals surface area contributed by atoms with Crippen LogP contribution in [0.15, 0.2) is 23.2 Å². The minimum absolute atomic E-state index is 0.0632. The van der Waals surface area contributed by atoms with Crippen LogP contribution < -0.4 is 11.5 Å². The summed E-state index contributed by atoms with van der Waals surface area (Å²) in [7, 11) is 0. The zero-order chi connectivity index (χ0) is 17.1. The standard InChI is InChI=1S/C17H21FN4OS/c1-16(11-8-10(19)4-5-12(11)18)13-9-17(13,24-15(20)21-16)14(23)22-6-2-3-7-22/h4-5,8,13H,2-3,6-7,9,19H2,1H3,(H2,20,21)/t13-,16+,17+/m0/s1. The molecule has 0 unspecified atom stereocenters. The van der Waals surface area contributed by atoms with Gasteiger partial charge in [0.2, 0.25) is 5.91 Å². The van der Waals surface area contributed by atoms with Crippen LogP contribution in [-0.4, -0.2) is 33.8 Å². The number of carbonyl (C=O) groups is 1. The van der Waals surface area contributed by atoms with Gasteiger partial charge in [-0.1, -0.05) is 11.8 Å². The van der Waals surface area contributed by atoms with Gasteiger partial charge >= 0.3 is 0 Å². The van der Waals surface area contributed by atoms with E-state index < -0.39 is 10.3 Å². The molecule has 0 spiro atoms. The zero-order valence-electron chi connectivity index (χ0n) is 13.6. The van der Waals surface area contributed by atoms with Crippen molar-refractivity contribution in [2.24, 2.45) is 16.6 Å². The summed E-state index contributed by atoms with van der Waals surface area (Å²) in [6, 6.07) is 4.50. The maximum absolute atomic E-state index is 14.5. The number of nitrogens with zero attached hydrogens (tertiary/aromatic N) is 2. The largest absolute Gasteiger partial charge is 0.399 e. The van der Waals surface area contributed by atoms with Gasteiger partial charge in [-0.15, -0.1) is 0 Å². The third-order valence-corrected chi connectivity index (χ3v) is 6.80. The van der Waals surface area contributed by atoms with Crippen LogP contribution in [0.1, 0.15) is 31.7 Å². The molecule has 3 atom stereocenters. The summed E-state index contributed by atoms with van der Waals surface area (Å²) in [6.45, 7) is 3.46. The smallest absolute Gasteiger partial charge is 0.239 e. The van der Waals surface area contributed by atoms with Crippen molar-refractivity contribution in [2.75, 3.05) is 18.8 Å². The highest BCUT2D eigenvalue weighted by atomic mass is 32.2. The molecular weight excluding hydrogens is 327 g/mol. The number of rotatable bonds is 2. The number of halogens is 1. The lowest BCUT2D eigenvalue weighted by Gasteiger charge is -2.35. The number of amidine groups is 1. The molecule has 2 aliphatic heterocycles. The first kappa shape index (κ1) is 15.7. The number of benzene rings is 1. The first-order valence-corrected chi connectivity index (χ1v) is 9.08. The average Bonchev–Trinajstić information content (AvgIpc) is 3.04. The van der Waals surface area contributed by atoms with Gasteiger partial charge in [0, 0.05) is 30.3 Å². The topological polar surface area (TPSA) is 84.7 Å². The molecule has 0 radical (unpaired) electrons. The van der Waals surface area contributed by atoms with Gasteiger partial charge in [-0.05, 0) is 44.4 Å². The highest BCUT2D eigenvalue weighted by Gasteiger charge is 2.71. The van der Waals surface area contributed by atoms with Crippen LogP contribution in [-0.2, 0) is 10.3 Å². The predicted molar refractivity (Wildman–Crippen MR) is 94.0 cm³/mol. The molecule has 1 aromatic carbocycles. The molecule has 4 N–H and O–H groups in total. The fourth-order valence-electron chi connectivity index (χ4n) is 4.17. The second-order valence-electron chi connectivity index (χ2n) is 7.08. The number of thioether (sulfide) groups is 1. The van der Waals surface area contributed by atoms with E-state index in [9.17, 15) is 9.18 Å². The van der Waals surface area contributed by atoms with E-state index in [1.165, 1.54) is 23.9 Å². The number of fused-ring (bicyclic) bond motifs is 1. The molecule has 4 rings (SSSR count). The molecule has 7 heteroatoms. The van der Waals surface area contributed by atoms with E-state index in [2.05, 4.69) is 4.99 Å². The normalized spacial score (nSPS) is 34.7. The Kier molecular flexibility index (Phi) is 3.36. The molecule has 5 nitrogen and oxygen atoms in total. The van der Waals surface area contributed by atoms with E-state index in [1.807, 2.05) is 11.8 Å². The summed E-state index contributed by atoms with van der Waals surface area (Å²) in [4.78, 5) is 19.5. The average molecular weight is 348 g/mol. The Morgan fingerprint density at radius 2 is 2.08 bits per heavy atom. The molecule has 1 amide bonds. The Morgan fingerprint density at radius 1 is 1.38 bits per heavy atom. The lowest BCUT2D eigenvalue weighted by Crippen LogP contribution is -2.45. The first-order chi connectivity index (χ1) is 11.4. The molecule has 1 saturated heterocycles. The van der Waals surface area contributed by atoms with Crippen LogP contribution in [0.4, 0.5) is 10.1 Å². The molecule has 2 heterocycles. The molecule has 2 fully saturated rings. The van der Waals surface area contributed by atoms with Crippen LogP contribution in [0.2, 0.25) is 0 Å². The summed E-state index contributed by atoms with van der Waals surface area (Å²) in [5.41, 5.74) is 12.0. The molecule has 3 aliphatic rings. The zero-order valence-corrected chi connectivity index (χ0v) is 14.4. The van der Waals surface area contributed by atoms with Crippen molar-refractivity contribution in [3.8, 4) is 0 Å². The van der Waals surface area contributed by atoms with Gasteiger partial charge < -0.3 is 16.4 Å². The number of hydrogen-bond donors (Lipinski definition) is 2. The van der Waals surface area contributed by atoms with Gasteiger partial charge in [0.15, 0.2) is 5.17 Å². The quantitative estimate of drug-likeness (QED) is 0.801. The van der Waals surface area contributed by atoms with Gasteiger partial charge in [-0.25, -0.2) is 4.39 Å². The van der Waals surface area contributed by atoms with Crippen LogP contribution in [0, 0.1) is 11.7 Å². The highest BCUT2D eigenvalue weighted by Crippen LogP contribution is 2.66. The number of carbonyl (C=O) groups excluding carboxylic acids is 1. The molecule has 128 valence electrons. The first-order valence-electron chi connectivity index (χ1n) is 8.26. The van der Waals surface area contributed by atoms with Crippen LogP contribution in [0.25, 0.3) is 0 Å². The summed E-state index contributed by atoms with van der Waals surface area (Å²) >= 11 is 1.35. The fraction of sp³-hybridized carbons (Fsp3) is 0.529. The Balaban J connectivity index is 1.74. The Morgan fingerprint density at radius 3 is 2.79 bits per heavy atom. The van der Waals surface area contributed by atoms with Crippen LogP contribution in [0.5, 0.6) is 0 Å². The van der Waals surface area contributed by atoms with Crippen molar-refractivity contribution >= 4 is 28.5 Å². The predicted octanol–water partition coefficient (Wildman–Crippen LogP) is 2.07. The van der Waals surface area contributed by atoms with E-state index >= 15 is 0 Å². The second kappa shape index (κ2) is 5.12. The number of nitrogens with two attached hydrogens (primary N) is 2. The van der Waals surface area contributed by atoms with Gasteiger partial charge in [-0.3, -0.25) is 9.79 Å². The Hall–Kier alpha value is -1.76. The molecule has 1 aromatic rings. The lowest BCUT2D eigenvalue weighted by atomic mass is 9.85. The molecule has 0 bridgehead atoms. The minimum Gasteiger partial charge on any atom is -0.399 e. The molecular formula is C17H21FN4OS. The maximum atomic E-state index is 14.5. The molecule has 0 aromatic heterocycles. The number of aliphatic imine (C=N–C) groups is 1. The number of hydrogen-bond acceptors (Lipinski definition) is 5. The highest BCUT2D eigenvalue weighted by molar-refractivity contribution is 8.15. The monoisotopic (exact) mass is 348 g/mol. The Labute approximate surface area is 144 Å². The van der Waals surface area contributed by atoms with E-state index in [0.29, 0.717) is 22.8 Å². The molecule has 1 aliphatic carbocycles. The van der Waals surface area contributed by atoms with Gasteiger partial charge in [0.1, 0.15) is 10.6 Å². The van der Waals surface area contributed by atoms with Crippen molar-refractivity contribution in [1.82, 2.24) is 4.90 Å². The van der Waals surface area contributed by atoms with Crippen LogP contribution in [0.3, 0.4) is 0 Å². The molecule has 24 heavy (non-hydrogen) atoms. The second-order valence-corrected chi connectivity index (χ2v) is 8.44. The third kappa shape index (κ3) is 2.13. The summed E-state index contributed by atoms with van der Waals surface area (Å²) in [5, 5.41) is 0.348. The van der Waals surface area contributed by atoms with E-state index in [0.717, 1.165) is 25.9 Å². The number of nitrogen functional groups attached to an aromatic ring is 1. The number of likely N-dealkylation sites (tertiary alicyclic amines) is 1. The van der Waals surface area contributed by atoms with E-state index in [-0.39, 0.29) is 17.6 Å². The fourth-order valence-corrected chi connectivity index (χ4v) is 5.62. The van der Waals surface area contributed by atoms with Crippen molar-refractivity contribution in [2.45, 2.75) is 36.5 Å². The third-order valence-electron chi connectivity index (χ3n) is 5.51.